The molecule has 0 fully saturated rings. The predicted molar refractivity (Wildman–Crippen MR) is 71.8 cm³/mol. The van der Waals surface area contributed by atoms with Crippen molar-refractivity contribution in [3.63, 3.8) is 0 Å². The van der Waals surface area contributed by atoms with Gasteiger partial charge >= 0.3 is 0 Å². The van der Waals surface area contributed by atoms with Gasteiger partial charge in [-0.3, -0.25) is 0 Å². The summed E-state index contributed by atoms with van der Waals surface area (Å²) in [7, 11) is 0.130. The molecule has 0 heterocycles. The molecule has 0 bridgehead atoms. The SMILES string of the molecule is C=CCC[Si](OC)(C(C)(C)C)C(C)(C)C. The van der Waals surface area contributed by atoms with Crippen molar-refractivity contribution >= 4 is 8.32 Å². The minimum absolute atomic E-state index is 0.267. The molecule has 0 aromatic carbocycles. The van der Waals surface area contributed by atoms with Gasteiger partial charge in [0.25, 0.3) is 0 Å². The summed E-state index contributed by atoms with van der Waals surface area (Å²) in [4.78, 5) is 0. The zero-order valence-electron chi connectivity index (χ0n) is 11.6. The van der Waals surface area contributed by atoms with E-state index in [1.165, 1.54) is 6.04 Å². The first-order valence-corrected chi connectivity index (χ1v) is 7.90. The first kappa shape index (κ1) is 14.9. The highest BCUT2D eigenvalue weighted by Crippen LogP contribution is 2.53. The Kier molecular flexibility index (Phi) is 4.81. The van der Waals surface area contributed by atoms with Crippen molar-refractivity contribution < 1.29 is 4.43 Å². The average Bonchev–Trinajstić information content (AvgIpc) is 2.01. The second kappa shape index (κ2) is 4.83. The van der Waals surface area contributed by atoms with E-state index in [9.17, 15) is 0 Å². The Balaban J connectivity index is 5.22. The second-order valence-electron chi connectivity index (χ2n) is 6.36. The van der Waals surface area contributed by atoms with Crippen molar-refractivity contribution in [3.8, 4) is 0 Å². The fraction of sp³-hybridized carbons (Fsp3) is 0.846. The van der Waals surface area contributed by atoms with Gasteiger partial charge in [-0.1, -0.05) is 47.6 Å². The minimum Gasteiger partial charge on any atom is -0.419 e. The van der Waals surface area contributed by atoms with Gasteiger partial charge in [0.1, 0.15) is 0 Å². The van der Waals surface area contributed by atoms with E-state index in [4.69, 9.17) is 4.43 Å². The number of allylic oxidation sites excluding steroid dienone is 1. The van der Waals surface area contributed by atoms with Crippen LogP contribution in [0.3, 0.4) is 0 Å². The Morgan fingerprint density at radius 3 is 1.67 bits per heavy atom. The number of rotatable bonds is 4. The molecular formula is C13H28OSi. The summed E-state index contributed by atoms with van der Waals surface area (Å²) in [5, 5.41) is 0.534. The fourth-order valence-corrected chi connectivity index (χ4v) is 8.68. The largest absolute Gasteiger partial charge is 0.419 e. The fourth-order valence-electron chi connectivity index (χ4n) is 2.89. The minimum atomic E-state index is -1.76. The molecule has 0 N–H and O–H groups in total. The van der Waals surface area contributed by atoms with E-state index in [-0.39, 0.29) is 10.1 Å². The Morgan fingerprint density at radius 2 is 1.47 bits per heavy atom. The summed E-state index contributed by atoms with van der Waals surface area (Å²) in [5.41, 5.74) is 0. The molecule has 0 saturated heterocycles. The highest BCUT2D eigenvalue weighted by molar-refractivity contribution is 6.79. The molecule has 0 aliphatic heterocycles. The molecule has 0 saturated carbocycles. The summed E-state index contributed by atoms with van der Waals surface area (Å²) >= 11 is 0. The summed E-state index contributed by atoms with van der Waals surface area (Å²) in [5.74, 6) is 0. The van der Waals surface area contributed by atoms with E-state index in [0.29, 0.717) is 0 Å². The summed E-state index contributed by atoms with van der Waals surface area (Å²) < 4.78 is 6.06. The van der Waals surface area contributed by atoms with E-state index in [2.05, 4.69) is 48.1 Å². The Hall–Kier alpha value is -0.0831. The smallest absolute Gasteiger partial charge is 0.203 e. The van der Waals surface area contributed by atoms with E-state index >= 15 is 0 Å². The van der Waals surface area contributed by atoms with Crippen molar-refractivity contribution in [1.82, 2.24) is 0 Å². The third-order valence-electron chi connectivity index (χ3n) is 3.47. The molecule has 90 valence electrons. The second-order valence-corrected chi connectivity index (χ2v) is 11.9. The van der Waals surface area contributed by atoms with Crippen LogP contribution < -0.4 is 0 Å². The maximum Gasteiger partial charge on any atom is 0.203 e. The van der Waals surface area contributed by atoms with Crippen molar-refractivity contribution in [2.45, 2.75) is 64.1 Å². The Morgan fingerprint density at radius 1 is 1.07 bits per heavy atom. The molecule has 0 radical (unpaired) electrons. The van der Waals surface area contributed by atoms with Crippen LogP contribution >= 0.6 is 0 Å². The normalized spacial score (nSPS) is 14.1. The maximum absolute atomic E-state index is 6.06. The summed E-state index contributed by atoms with van der Waals surface area (Å²) in [6.07, 6.45) is 3.08. The van der Waals surface area contributed by atoms with Crippen molar-refractivity contribution in [2.75, 3.05) is 7.11 Å². The Bertz CT molecular complexity index is 194. The highest BCUT2D eigenvalue weighted by atomic mass is 28.4. The van der Waals surface area contributed by atoms with E-state index in [1.807, 2.05) is 13.2 Å². The van der Waals surface area contributed by atoms with Gasteiger partial charge in [0.2, 0.25) is 8.32 Å². The third kappa shape index (κ3) is 2.94. The summed E-state index contributed by atoms with van der Waals surface area (Å²) in [6, 6.07) is 1.17. The van der Waals surface area contributed by atoms with Crippen LogP contribution in [0, 0.1) is 0 Å². The topological polar surface area (TPSA) is 9.23 Å². The van der Waals surface area contributed by atoms with E-state index < -0.39 is 8.32 Å². The van der Waals surface area contributed by atoms with Gasteiger partial charge in [-0.25, -0.2) is 0 Å². The van der Waals surface area contributed by atoms with Gasteiger partial charge in [-0.05, 0) is 22.5 Å². The van der Waals surface area contributed by atoms with Gasteiger partial charge < -0.3 is 4.43 Å². The number of hydrogen-bond acceptors (Lipinski definition) is 1. The van der Waals surface area contributed by atoms with E-state index in [1.54, 1.807) is 0 Å². The quantitative estimate of drug-likeness (QED) is 0.498. The average molecular weight is 228 g/mol. The van der Waals surface area contributed by atoms with Crippen LogP contribution in [0.1, 0.15) is 48.0 Å². The molecule has 2 heteroatoms. The van der Waals surface area contributed by atoms with E-state index in [0.717, 1.165) is 6.42 Å². The lowest BCUT2D eigenvalue weighted by Gasteiger charge is -2.50. The van der Waals surface area contributed by atoms with Crippen LogP contribution in [0.4, 0.5) is 0 Å². The maximum atomic E-state index is 6.06. The highest BCUT2D eigenvalue weighted by Gasteiger charge is 2.53. The lowest BCUT2D eigenvalue weighted by molar-refractivity contribution is 0.325. The molecule has 0 atom stereocenters. The molecule has 0 aromatic rings. The van der Waals surface area contributed by atoms with Crippen LogP contribution in [-0.2, 0) is 4.43 Å². The predicted octanol–water partition coefficient (Wildman–Crippen LogP) is 4.75. The van der Waals surface area contributed by atoms with Gasteiger partial charge in [0, 0.05) is 7.11 Å². The molecule has 0 aliphatic rings. The van der Waals surface area contributed by atoms with Crippen LogP contribution in [0.25, 0.3) is 0 Å². The van der Waals surface area contributed by atoms with Crippen molar-refractivity contribution in [3.05, 3.63) is 12.7 Å². The van der Waals surface area contributed by atoms with Crippen molar-refractivity contribution in [1.29, 1.82) is 0 Å². The first-order chi connectivity index (χ1) is 6.62. The van der Waals surface area contributed by atoms with Gasteiger partial charge in [0.15, 0.2) is 0 Å². The third-order valence-corrected chi connectivity index (χ3v) is 10.0. The lowest BCUT2D eigenvalue weighted by Crippen LogP contribution is -2.53. The zero-order valence-corrected chi connectivity index (χ0v) is 12.6. The van der Waals surface area contributed by atoms with Crippen molar-refractivity contribution in [2.24, 2.45) is 0 Å². The molecule has 0 spiro atoms. The van der Waals surface area contributed by atoms with Crippen LogP contribution in [0.2, 0.25) is 16.1 Å². The van der Waals surface area contributed by atoms with Gasteiger partial charge in [-0.2, -0.15) is 0 Å². The molecule has 15 heavy (non-hydrogen) atoms. The van der Waals surface area contributed by atoms with Crippen LogP contribution in [0.15, 0.2) is 12.7 Å². The molecule has 0 aromatic heterocycles. The first-order valence-electron chi connectivity index (χ1n) is 5.78. The number of hydrogen-bond donors (Lipinski definition) is 0. The van der Waals surface area contributed by atoms with Gasteiger partial charge in [-0.15, -0.1) is 6.58 Å². The molecule has 0 rings (SSSR count). The van der Waals surface area contributed by atoms with Crippen LogP contribution in [-0.4, -0.2) is 15.4 Å². The Labute approximate surface area is 97.0 Å². The van der Waals surface area contributed by atoms with Gasteiger partial charge in [0.05, 0.1) is 0 Å². The lowest BCUT2D eigenvalue weighted by atomic mass is 10.2. The molecule has 0 amide bonds. The van der Waals surface area contributed by atoms with Crippen LogP contribution in [0.5, 0.6) is 0 Å². The molecule has 1 nitrogen and oxygen atoms in total. The molecule has 0 aliphatic carbocycles. The zero-order chi connectivity index (χ0) is 12.3. The molecule has 0 unspecified atom stereocenters. The standard InChI is InChI=1S/C13H28OSi/c1-9-10-11-15(14-8,12(2,3)4)13(5,6)7/h9H,1,10-11H2,2-8H3. The monoisotopic (exact) mass is 228 g/mol. The molecular weight excluding hydrogens is 200 g/mol. The summed E-state index contributed by atoms with van der Waals surface area (Å²) in [6.45, 7) is 17.7.